The molecule has 0 saturated heterocycles. The standard InChI is InChI=1S/C14H13ClO2S2/c1-11-6-8-13(9-7-11)19(16,17)18-10-12-4-2-3-5-14(12)15/h2-9H,10H2,1H3. The number of hydrogen-bond donors (Lipinski definition) is 0. The van der Waals surface area contributed by atoms with Gasteiger partial charge in [-0.3, -0.25) is 0 Å². The zero-order valence-corrected chi connectivity index (χ0v) is 12.7. The van der Waals surface area contributed by atoms with E-state index in [4.69, 9.17) is 11.6 Å². The van der Waals surface area contributed by atoms with Crippen LogP contribution in [0, 0.1) is 6.92 Å². The molecule has 5 heteroatoms. The summed E-state index contributed by atoms with van der Waals surface area (Å²) in [4.78, 5) is 0.329. The van der Waals surface area contributed by atoms with Gasteiger partial charge < -0.3 is 0 Å². The fraction of sp³-hybridized carbons (Fsp3) is 0.143. The molecule has 0 N–H and O–H groups in total. The van der Waals surface area contributed by atoms with Gasteiger partial charge in [0.2, 0.25) is 8.87 Å². The normalized spacial score (nSPS) is 11.5. The lowest BCUT2D eigenvalue weighted by Gasteiger charge is -2.05. The highest BCUT2D eigenvalue weighted by Gasteiger charge is 2.15. The van der Waals surface area contributed by atoms with Crippen molar-refractivity contribution in [2.75, 3.05) is 0 Å². The van der Waals surface area contributed by atoms with Crippen molar-refractivity contribution in [2.24, 2.45) is 0 Å². The second kappa shape index (κ2) is 5.99. The van der Waals surface area contributed by atoms with E-state index in [1.54, 1.807) is 30.3 Å². The Morgan fingerprint density at radius 3 is 2.32 bits per heavy atom. The van der Waals surface area contributed by atoms with E-state index in [0.29, 0.717) is 15.7 Å². The van der Waals surface area contributed by atoms with Gasteiger partial charge >= 0.3 is 0 Å². The summed E-state index contributed by atoms with van der Waals surface area (Å²) in [6.07, 6.45) is 0. The van der Waals surface area contributed by atoms with E-state index in [1.165, 1.54) is 0 Å². The Balaban J connectivity index is 2.14. The summed E-state index contributed by atoms with van der Waals surface area (Å²) in [6.45, 7) is 1.92. The first-order valence-electron chi connectivity index (χ1n) is 5.68. The lowest BCUT2D eigenvalue weighted by Crippen LogP contribution is -1.96. The lowest BCUT2D eigenvalue weighted by atomic mass is 10.2. The van der Waals surface area contributed by atoms with Crippen molar-refractivity contribution in [3.05, 3.63) is 64.7 Å². The van der Waals surface area contributed by atoms with Crippen LogP contribution in [0.5, 0.6) is 0 Å². The van der Waals surface area contributed by atoms with Crippen LogP contribution in [-0.2, 0) is 14.6 Å². The number of aryl methyl sites for hydroxylation is 1. The minimum Gasteiger partial charge on any atom is -0.212 e. The molecule has 0 aliphatic rings. The Kier molecular flexibility index (Phi) is 4.55. The fourth-order valence-corrected chi connectivity index (χ4v) is 4.54. The van der Waals surface area contributed by atoms with E-state index in [2.05, 4.69) is 0 Å². The van der Waals surface area contributed by atoms with Crippen LogP contribution in [-0.4, -0.2) is 8.42 Å². The molecule has 0 fully saturated rings. The van der Waals surface area contributed by atoms with Gasteiger partial charge in [0.25, 0.3) is 0 Å². The fourth-order valence-electron chi connectivity index (χ4n) is 1.53. The van der Waals surface area contributed by atoms with Crippen molar-refractivity contribution < 1.29 is 8.42 Å². The molecular weight excluding hydrogens is 300 g/mol. The molecule has 2 aromatic rings. The summed E-state index contributed by atoms with van der Waals surface area (Å²) in [5, 5.41) is 0.592. The molecule has 0 amide bonds. The highest BCUT2D eigenvalue weighted by molar-refractivity contribution is 8.71. The molecule has 2 aromatic carbocycles. The molecule has 0 aliphatic carbocycles. The smallest absolute Gasteiger partial charge is 0.212 e. The van der Waals surface area contributed by atoms with Gasteiger partial charge in [0.1, 0.15) is 0 Å². The SMILES string of the molecule is Cc1ccc(S(=O)(=O)SCc2ccccc2Cl)cc1. The van der Waals surface area contributed by atoms with Crippen LogP contribution in [0.2, 0.25) is 5.02 Å². The molecular formula is C14H13ClO2S2. The van der Waals surface area contributed by atoms with Crippen LogP contribution in [0.15, 0.2) is 53.4 Å². The van der Waals surface area contributed by atoms with Crippen LogP contribution < -0.4 is 0 Å². The van der Waals surface area contributed by atoms with Gasteiger partial charge in [-0.15, -0.1) is 0 Å². The zero-order chi connectivity index (χ0) is 13.9. The van der Waals surface area contributed by atoms with Crippen LogP contribution >= 0.6 is 22.4 Å². The van der Waals surface area contributed by atoms with E-state index in [9.17, 15) is 8.42 Å². The number of rotatable bonds is 4. The highest BCUT2D eigenvalue weighted by Crippen LogP contribution is 2.29. The van der Waals surface area contributed by atoms with Crippen LogP contribution in [0.25, 0.3) is 0 Å². The Labute approximate surface area is 122 Å². The van der Waals surface area contributed by atoms with Gasteiger partial charge in [-0.05, 0) is 41.5 Å². The first kappa shape index (κ1) is 14.4. The molecule has 0 unspecified atom stereocenters. The Morgan fingerprint density at radius 2 is 1.68 bits per heavy atom. The van der Waals surface area contributed by atoms with Gasteiger partial charge in [-0.25, -0.2) is 8.42 Å². The minimum atomic E-state index is -3.33. The average Bonchev–Trinajstić information content (AvgIpc) is 2.38. The summed E-state index contributed by atoms with van der Waals surface area (Å²) < 4.78 is 24.3. The third-order valence-corrected chi connectivity index (χ3v) is 6.46. The largest absolute Gasteiger partial charge is 0.230 e. The summed E-state index contributed by atoms with van der Waals surface area (Å²) in [5.74, 6) is 0.343. The van der Waals surface area contributed by atoms with Gasteiger partial charge in [0.15, 0.2) is 0 Å². The van der Waals surface area contributed by atoms with Crippen LogP contribution in [0.4, 0.5) is 0 Å². The summed E-state index contributed by atoms with van der Waals surface area (Å²) in [7, 11) is -2.44. The Hall–Kier alpha value is -0.970. The third kappa shape index (κ3) is 3.75. The monoisotopic (exact) mass is 312 g/mol. The molecule has 0 aliphatic heterocycles. The molecule has 0 atom stereocenters. The van der Waals surface area contributed by atoms with E-state index in [0.717, 1.165) is 21.9 Å². The van der Waals surface area contributed by atoms with E-state index in [1.807, 2.05) is 25.1 Å². The van der Waals surface area contributed by atoms with Crippen molar-refractivity contribution in [2.45, 2.75) is 17.6 Å². The van der Waals surface area contributed by atoms with Gasteiger partial charge in [-0.1, -0.05) is 47.5 Å². The van der Waals surface area contributed by atoms with Gasteiger partial charge in [0.05, 0.1) is 4.90 Å². The maximum absolute atomic E-state index is 12.1. The molecule has 0 aromatic heterocycles. The van der Waals surface area contributed by atoms with E-state index in [-0.39, 0.29) is 0 Å². The first-order chi connectivity index (χ1) is 8.99. The molecule has 19 heavy (non-hydrogen) atoms. The second-order valence-corrected chi connectivity index (χ2v) is 8.46. The van der Waals surface area contributed by atoms with Crippen LogP contribution in [0.3, 0.4) is 0 Å². The summed E-state index contributed by atoms with van der Waals surface area (Å²) in [6, 6.07) is 14.1. The predicted molar refractivity (Wildman–Crippen MR) is 81.1 cm³/mol. The molecule has 0 saturated carbocycles. The number of benzene rings is 2. The van der Waals surface area contributed by atoms with E-state index >= 15 is 0 Å². The second-order valence-electron chi connectivity index (χ2n) is 4.12. The Bertz CT molecular complexity index is 664. The van der Waals surface area contributed by atoms with Crippen LogP contribution in [0.1, 0.15) is 11.1 Å². The minimum absolute atomic E-state index is 0.329. The maximum atomic E-state index is 12.1. The Morgan fingerprint density at radius 1 is 1.05 bits per heavy atom. The maximum Gasteiger partial charge on any atom is 0.230 e. The van der Waals surface area contributed by atoms with Crippen molar-refractivity contribution in [3.8, 4) is 0 Å². The summed E-state index contributed by atoms with van der Waals surface area (Å²) in [5.41, 5.74) is 1.86. The first-order valence-corrected chi connectivity index (χ1v) is 9.05. The number of hydrogen-bond acceptors (Lipinski definition) is 3. The van der Waals surface area contributed by atoms with Gasteiger partial charge in [-0.2, -0.15) is 0 Å². The quantitative estimate of drug-likeness (QED) is 0.791. The molecule has 2 rings (SSSR count). The molecule has 0 spiro atoms. The third-order valence-electron chi connectivity index (χ3n) is 2.64. The average molecular weight is 313 g/mol. The molecule has 0 heterocycles. The van der Waals surface area contributed by atoms with Crippen molar-refractivity contribution in [3.63, 3.8) is 0 Å². The zero-order valence-electron chi connectivity index (χ0n) is 10.3. The highest BCUT2D eigenvalue weighted by atomic mass is 35.5. The molecule has 100 valence electrons. The van der Waals surface area contributed by atoms with Crippen molar-refractivity contribution in [1.82, 2.24) is 0 Å². The molecule has 0 radical (unpaired) electrons. The van der Waals surface area contributed by atoms with Gasteiger partial charge in [0, 0.05) is 10.8 Å². The summed E-state index contributed by atoms with van der Waals surface area (Å²) >= 11 is 6.01. The van der Waals surface area contributed by atoms with E-state index < -0.39 is 8.87 Å². The topological polar surface area (TPSA) is 34.1 Å². The molecule has 0 bridgehead atoms. The van der Waals surface area contributed by atoms with Crippen molar-refractivity contribution >= 4 is 31.3 Å². The number of halogens is 1. The molecule has 2 nitrogen and oxygen atoms in total. The van der Waals surface area contributed by atoms with Crippen molar-refractivity contribution in [1.29, 1.82) is 0 Å². The lowest BCUT2D eigenvalue weighted by molar-refractivity contribution is 0.610. The predicted octanol–water partition coefficient (Wildman–Crippen LogP) is 4.27.